The molecule has 152 valence electrons. The molecular weight excluding hydrogens is 372 g/mol. The van der Waals surface area contributed by atoms with E-state index < -0.39 is 6.04 Å². The van der Waals surface area contributed by atoms with Crippen molar-refractivity contribution in [3.63, 3.8) is 0 Å². The number of hydrogen-bond acceptors (Lipinski definition) is 5. The Morgan fingerprint density at radius 1 is 1.07 bits per heavy atom. The molecule has 0 spiro atoms. The van der Waals surface area contributed by atoms with Crippen LogP contribution in [0, 0.1) is 5.92 Å². The Hall–Kier alpha value is -2.28. The predicted octanol–water partition coefficient (Wildman–Crippen LogP) is 4.64. The minimum Gasteiger partial charge on any atom is -0.344 e. The number of carbonyl (C=O) groups excluding carboxylic acids is 2. The highest BCUT2D eigenvalue weighted by Gasteiger charge is 2.26. The van der Waals surface area contributed by atoms with Crippen molar-refractivity contribution < 1.29 is 9.59 Å². The lowest BCUT2D eigenvalue weighted by Crippen LogP contribution is -2.47. The molecule has 6 nitrogen and oxygen atoms in total. The molecular formula is C21H30N4O2S. The summed E-state index contributed by atoms with van der Waals surface area (Å²) in [7, 11) is 0. The lowest BCUT2D eigenvalue weighted by atomic mass is 9.98. The number of hydrogen-bond donors (Lipinski definition) is 2. The summed E-state index contributed by atoms with van der Waals surface area (Å²) in [5.41, 5.74) is 0.958. The van der Waals surface area contributed by atoms with Crippen LogP contribution in [0.5, 0.6) is 0 Å². The predicted molar refractivity (Wildman–Crippen MR) is 114 cm³/mol. The van der Waals surface area contributed by atoms with Crippen LogP contribution in [-0.4, -0.2) is 28.1 Å². The average molecular weight is 403 g/mol. The van der Waals surface area contributed by atoms with E-state index >= 15 is 0 Å². The second-order valence-electron chi connectivity index (χ2n) is 7.01. The molecule has 2 aromatic rings. The van der Waals surface area contributed by atoms with Gasteiger partial charge in [-0.25, -0.2) is 0 Å². The Morgan fingerprint density at radius 3 is 2.50 bits per heavy atom. The third-order valence-electron chi connectivity index (χ3n) is 4.75. The van der Waals surface area contributed by atoms with Crippen molar-refractivity contribution in [2.45, 2.75) is 65.3 Å². The van der Waals surface area contributed by atoms with Gasteiger partial charge in [0.15, 0.2) is 0 Å². The second kappa shape index (κ2) is 11.5. The van der Waals surface area contributed by atoms with E-state index in [-0.39, 0.29) is 17.7 Å². The molecule has 0 fully saturated rings. The fourth-order valence-electron chi connectivity index (χ4n) is 2.81. The maximum atomic E-state index is 12.8. The van der Waals surface area contributed by atoms with Crippen LogP contribution < -0.4 is 10.6 Å². The van der Waals surface area contributed by atoms with E-state index in [9.17, 15) is 9.59 Å². The van der Waals surface area contributed by atoms with Crippen molar-refractivity contribution in [1.29, 1.82) is 0 Å². The molecule has 0 unspecified atom stereocenters. The Labute approximate surface area is 171 Å². The molecule has 1 aromatic heterocycles. The number of carbonyl (C=O) groups is 2. The maximum absolute atomic E-state index is 12.8. The van der Waals surface area contributed by atoms with Gasteiger partial charge in [0, 0.05) is 12.0 Å². The maximum Gasteiger partial charge on any atom is 0.249 e. The van der Waals surface area contributed by atoms with E-state index in [0.29, 0.717) is 11.6 Å². The lowest BCUT2D eigenvalue weighted by molar-refractivity contribution is -0.127. The molecule has 2 amide bonds. The molecule has 0 aliphatic carbocycles. The summed E-state index contributed by atoms with van der Waals surface area (Å²) in [4.78, 5) is 25.1. The number of amides is 2. The zero-order chi connectivity index (χ0) is 20.4. The second-order valence-corrected chi connectivity index (χ2v) is 7.99. The molecule has 2 N–H and O–H groups in total. The van der Waals surface area contributed by atoms with Crippen LogP contribution >= 0.6 is 11.3 Å². The highest BCUT2D eigenvalue weighted by atomic mass is 32.1. The van der Waals surface area contributed by atoms with Crippen molar-refractivity contribution in [2.75, 3.05) is 5.32 Å². The van der Waals surface area contributed by atoms with E-state index in [4.69, 9.17) is 0 Å². The van der Waals surface area contributed by atoms with Crippen molar-refractivity contribution in [1.82, 2.24) is 15.5 Å². The number of anilines is 1. The SMILES string of the molecule is CCCCCCC(=O)N[C@@H](C(=O)Nc1nnc(-c2ccccc2)s1)[C@H](C)CC. The number of nitrogens with zero attached hydrogens (tertiary/aromatic N) is 2. The summed E-state index contributed by atoms with van der Waals surface area (Å²) in [6, 6.07) is 9.13. The minimum atomic E-state index is -0.576. The normalized spacial score (nSPS) is 13.0. The van der Waals surface area contributed by atoms with Crippen molar-refractivity contribution in [3.05, 3.63) is 30.3 Å². The Balaban J connectivity index is 1.97. The first-order valence-electron chi connectivity index (χ1n) is 10.0. The fourth-order valence-corrected chi connectivity index (χ4v) is 3.57. The van der Waals surface area contributed by atoms with E-state index in [2.05, 4.69) is 27.8 Å². The van der Waals surface area contributed by atoms with Gasteiger partial charge in [-0.1, -0.05) is 88.1 Å². The van der Waals surface area contributed by atoms with Crippen LogP contribution in [0.4, 0.5) is 5.13 Å². The smallest absolute Gasteiger partial charge is 0.249 e. The molecule has 2 atom stereocenters. The molecule has 0 aliphatic heterocycles. The van der Waals surface area contributed by atoms with Gasteiger partial charge >= 0.3 is 0 Å². The monoisotopic (exact) mass is 402 g/mol. The van der Waals surface area contributed by atoms with Gasteiger partial charge in [0.05, 0.1) is 0 Å². The van der Waals surface area contributed by atoms with Crippen LogP contribution in [0.15, 0.2) is 30.3 Å². The van der Waals surface area contributed by atoms with E-state index in [1.54, 1.807) is 0 Å². The zero-order valence-corrected chi connectivity index (χ0v) is 17.7. The van der Waals surface area contributed by atoms with Crippen molar-refractivity contribution in [3.8, 4) is 10.6 Å². The van der Waals surface area contributed by atoms with Crippen molar-refractivity contribution >= 4 is 28.3 Å². The van der Waals surface area contributed by atoms with Gasteiger partial charge in [-0.2, -0.15) is 0 Å². The van der Waals surface area contributed by atoms with Gasteiger partial charge < -0.3 is 5.32 Å². The Bertz CT molecular complexity index is 748. The molecule has 0 saturated heterocycles. The third-order valence-corrected chi connectivity index (χ3v) is 5.63. The van der Waals surface area contributed by atoms with Crippen LogP contribution in [0.2, 0.25) is 0 Å². The van der Waals surface area contributed by atoms with E-state index in [1.165, 1.54) is 11.3 Å². The van der Waals surface area contributed by atoms with Gasteiger partial charge in [0.25, 0.3) is 0 Å². The van der Waals surface area contributed by atoms with Gasteiger partial charge in [0.2, 0.25) is 16.9 Å². The molecule has 0 bridgehead atoms. The molecule has 2 rings (SSSR count). The lowest BCUT2D eigenvalue weighted by Gasteiger charge is -2.23. The molecule has 7 heteroatoms. The summed E-state index contributed by atoms with van der Waals surface area (Å²) in [6.07, 6.45) is 5.40. The molecule has 28 heavy (non-hydrogen) atoms. The zero-order valence-electron chi connectivity index (χ0n) is 16.9. The first kappa shape index (κ1) is 22.0. The summed E-state index contributed by atoms with van der Waals surface area (Å²) < 4.78 is 0. The fraction of sp³-hybridized carbons (Fsp3) is 0.524. The summed E-state index contributed by atoms with van der Waals surface area (Å²) in [5.74, 6) is -0.285. The van der Waals surface area contributed by atoms with Gasteiger partial charge in [-0.15, -0.1) is 10.2 Å². The van der Waals surface area contributed by atoms with Crippen LogP contribution in [0.3, 0.4) is 0 Å². The number of unbranched alkanes of at least 4 members (excludes halogenated alkanes) is 3. The van der Waals surface area contributed by atoms with Crippen LogP contribution in [-0.2, 0) is 9.59 Å². The molecule has 0 radical (unpaired) electrons. The summed E-state index contributed by atoms with van der Waals surface area (Å²) in [6.45, 7) is 6.12. The number of benzene rings is 1. The molecule has 0 aliphatic rings. The summed E-state index contributed by atoms with van der Waals surface area (Å²) in [5, 5.41) is 15.1. The quantitative estimate of drug-likeness (QED) is 0.536. The van der Waals surface area contributed by atoms with Crippen LogP contribution in [0.1, 0.15) is 59.3 Å². The first-order valence-corrected chi connectivity index (χ1v) is 10.9. The van der Waals surface area contributed by atoms with Crippen molar-refractivity contribution in [2.24, 2.45) is 5.92 Å². The number of rotatable bonds is 11. The Morgan fingerprint density at radius 2 is 1.82 bits per heavy atom. The van der Waals surface area contributed by atoms with Crippen LogP contribution in [0.25, 0.3) is 10.6 Å². The highest BCUT2D eigenvalue weighted by Crippen LogP contribution is 2.26. The number of nitrogens with one attached hydrogen (secondary N) is 2. The Kier molecular flexibility index (Phi) is 9.07. The summed E-state index contributed by atoms with van der Waals surface area (Å²) >= 11 is 1.32. The minimum absolute atomic E-state index is 0.0288. The average Bonchev–Trinajstić information content (AvgIpc) is 3.18. The third kappa shape index (κ3) is 6.71. The van der Waals surface area contributed by atoms with Gasteiger partial charge in [-0.3, -0.25) is 14.9 Å². The highest BCUT2D eigenvalue weighted by molar-refractivity contribution is 7.18. The molecule has 1 aromatic carbocycles. The van der Waals surface area contributed by atoms with E-state index in [1.807, 2.05) is 44.2 Å². The topological polar surface area (TPSA) is 84.0 Å². The van der Waals surface area contributed by atoms with Gasteiger partial charge in [-0.05, 0) is 12.3 Å². The molecule has 0 saturated carbocycles. The number of aromatic nitrogens is 2. The largest absolute Gasteiger partial charge is 0.344 e. The standard InChI is InChI=1S/C21H30N4O2S/c1-4-6-7-11-14-17(26)22-18(15(3)5-2)19(27)23-21-25-24-20(28-21)16-12-9-8-10-13-16/h8-10,12-13,15,18H,4-7,11,14H2,1-3H3,(H,22,26)(H,23,25,27)/t15-,18-/m1/s1. The first-order chi connectivity index (χ1) is 13.5. The van der Waals surface area contributed by atoms with E-state index in [0.717, 1.165) is 42.7 Å². The van der Waals surface area contributed by atoms with Gasteiger partial charge in [0.1, 0.15) is 11.0 Å². The molecule has 1 heterocycles.